The van der Waals surface area contributed by atoms with Gasteiger partial charge in [0.15, 0.2) is 0 Å². The average molecular weight is 364 g/mol. The first-order chi connectivity index (χ1) is 11.8. The van der Waals surface area contributed by atoms with Crippen molar-refractivity contribution in [3.63, 3.8) is 0 Å². The van der Waals surface area contributed by atoms with Crippen LogP contribution in [-0.2, 0) is 21.4 Å². The molecular formula is C20H29NO3S. The Bertz CT molecular complexity index is 727. The smallest absolute Gasteiger partial charge is 0.218 e. The van der Waals surface area contributed by atoms with Crippen LogP contribution < -0.4 is 4.72 Å². The summed E-state index contributed by atoms with van der Waals surface area (Å²) >= 11 is 0. The quantitative estimate of drug-likeness (QED) is 0.643. The van der Waals surface area contributed by atoms with Crippen molar-refractivity contribution < 1.29 is 13.2 Å². The minimum absolute atomic E-state index is 0.0104. The van der Waals surface area contributed by atoms with Gasteiger partial charge in [0.1, 0.15) is 0 Å². The molecule has 1 aromatic rings. The van der Waals surface area contributed by atoms with E-state index in [0.29, 0.717) is 25.7 Å². The van der Waals surface area contributed by atoms with Crippen LogP contribution in [-0.4, -0.2) is 26.8 Å². The summed E-state index contributed by atoms with van der Waals surface area (Å²) < 4.78 is 34.0. The predicted octanol–water partition coefficient (Wildman–Crippen LogP) is 3.50. The maximum atomic E-state index is 12.8. The lowest BCUT2D eigenvalue weighted by atomic mass is 9.64. The molecule has 4 nitrogen and oxygen atoms in total. The molecule has 2 aliphatic rings. The van der Waals surface area contributed by atoms with Crippen LogP contribution in [0.25, 0.3) is 0 Å². The first-order valence-corrected chi connectivity index (χ1v) is 10.6. The Morgan fingerprint density at radius 3 is 2.68 bits per heavy atom. The van der Waals surface area contributed by atoms with Crippen molar-refractivity contribution in [2.75, 3.05) is 13.2 Å². The molecule has 1 aliphatic carbocycles. The highest BCUT2D eigenvalue weighted by Gasteiger charge is 2.59. The number of nitrogens with one attached hydrogen (secondary N) is 1. The number of sulfonamides is 1. The van der Waals surface area contributed by atoms with Gasteiger partial charge in [-0.2, -0.15) is 0 Å². The highest BCUT2D eigenvalue weighted by molar-refractivity contribution is 7.90. The van der Waals surface area contributed by atoms with E-state index in [1.807, 2.05) is 42.5 Å². The lowest BCUT2D eigenvalue weighted by Crippen LogP contribution is -2.45. The molecular weight excluding hydrogens is 334 g/mol. The van der Waals surface area contributed by atoms with E-state index >= 15 is 0 Å². The summed E-state index contributed by atoms with van der Waals surface area (Å²) in [5.74, 6) is 0.403. The zero-order valence-electron chi connectivity index (χ0n) is 15.4. The Labute approximate surface area is 151 Å². The third-order valence-electron chi connectivity index (χ3n) is 6.63. The molecule has 2 bridgehead atoms. The number of benzene rings is 1. The molecule has 25 heavy (non-hydrogen) atoms. The molecule has 1 saturated carbocycles. The Hall–Kier alpha value is -1.17. The van der Waals surface area contributed by atoms with Gasteiger partial charge < -0.3 is 4.74 Å². The van der Waals surface area contributed by atoms with Gasteiger partial charge in [0.05, 0.1) is 18.5 Å². The lowest BCUT2D eigenvalue weighted by molar-refractivity contribution is 0.101. The Morgan fingerprint density at radius 2 is 1.96 bits per heavy atom. The van der Waals surface area contributed by atoms with Gasteiger partial charge in [-0.05, 0) is 35.2 Å². The highest BCUT2D eigenvalue weighted by Crippen LogP contribution is 2.60. The second kappa shape index (κ2) is 6.86. The molecule has 0 radical (unpaired) electrons. The normalized spacial score (nSPS) is 33.4. The third-order valence-corrected chi connectivity index (χ3v) is 8.55. The van der Waals surface area contributed by atoms with Gasteiger partial charge in [-0.3, -0.25) is 0 Å². The van der Waals surface area contributed by atoms with Crippen LogP contribution in [0.5, 0.6) is 0 Å². The lowest BCUT2D eigenvalue weighted by Gasteiger charge is -2.43. The summed E-state index contributed by atoms with van der Waals surface area (Å²) in [6.07, 6.45) is 5.75. The van der Waals surface area contributed by atoms with Crippen LogP contribution in [0.3, 0.4) is 0 Å². The summed E-state index contributed by atoms with van der Waals surface area (Å²) in [6.45, 7) is 8.09. The molecule has 1 N–H and O–H groups in total. The van der Waals surface area contributed by atoms with E-state index in [2.05, 4.69) is 25.5 Å². The van der Waals surface area contributed by atoms with Gasteiger partial charge in [-0.15, -0.1) is 0 Å². The van der Waals surface area contributed by atoms with Crippen LogP contribution in [0, 0.1) is 16.7 Å². The predicted molar refractivity (Wildman–Crippen MR) is 101 cm³/mol. The number of hydrogen-bond acceptors (Lipinski definition) is 3. The number of rotatable bonds is 5. The fourth-order valence-electron chi connectivity index (χ4n) is 4.45. The summed E-state index contributed by atoms with van der Waals surface area (Å²) in [7, 11) is -3.35. The molecule has 2 fully saturated rings. The number of hydrogen-bond donors (Lipinski definition) is 1. The van der Waals surface area contributed by atoms with E-state index in [1.165, 1.54) is 0 Å². The minimum atomic E-state index is -3.35. The van der Waals surface area contributed by atoms with Crippen molar-refractivity contribution in [3.8, 4) is 0 Å². The first-order valence-electron chi connectivity index (χ1n) is 9.04. The summed E-state index contributed by atoms with van der Waals surface area (Å²) in [5.41, 5.74) is 0.853. The first kappa shape index (κ1) is 18.6. The Morgan fingerprint density at radius 1 is 1.24 bits per heavy atom. The van der Waals surface area contributed by atoms with Crippen molar-refractivity contribution in [2.45, 2.75) is 45.5 Å². The van der Waals surface area contributed by atoms with Crippen LogP contribution >= 0.6 is 0 Å². The average Bonchev–Trinajstić information content (AvgIpc) is 2.77. The molecule has 3 atom stereocenters. The largest absolute Gasteiger partial charge is 0.373 e. The molecule has 1 aromatic carbocycles. The fourth-order valence-corrected chi connectivity index (χ4v) is 6.49. The van der Waals surface area contributed by atoms with Crippen molar-refractivity contribution in [1.29, 1.82) is 0 Å². The van der Waals surface area contributed by atoms with E-state index in [9.17, 15) is 8.42 Å². The standard InChI is InChI=1S/C20H29NO3S/c1-19(2)17-11-12-20(19,3)18(25(22,23)21-14-17)10-7-13-24-15-16-8-5-4-6-9-16/h4-10,17-18,21H,11-15H2,1-3H3/b10-7+/t17?,18?,20-/m0/s1. The van der Waals surface area contributed by atoms with Gasteiger partial charge in [0, 0.05) is 6.54 Å². The molecule has 0 amide bonds. The van der Waals surface area contributed by atoms with Crippen molar-refractivity contribution in [1.82, 2.24) is 4.72 Å². The van der Waals surface area contributed by atoms with Gasteiger partial charge in [0.25, 0.3) is 0 Å². The topological polar surface area (TPSA) is 55.4 Å². The number of ether oxygens (including phenoxy) is 1. The molecule has 5 heteroatoms. The van der Waals surface area contributed by atoms with Gasteiger partial charge in [-0.1, -0.05) is 63.3 Å². The highest BCUT2D eigenvalue weighted by atomic mass is 32.2. The molecule has 3 rings (SSSR count). The number of fused-ring (bicyclic) bond motifs is 2. The van der Waals surface area contributed by atoms with E-state index in [1.54, 1.807) is 0 Å². The van der Waals surface area contributed by atoms with E-state index in [0.717, 1.165) is 18.4 Å². The van der Waals surface area contributed by atoms with E-state index in [4.69, 9.17) is 4.74 Å². The van der Waals surface area contributed by atoms with Crippen LogP contribution in [0.4, 0.5) is 0 Å². The SMILES string of the molecule is CC1(C)C2CC[C@@]1(C)C(/C=C/COCc1ccccc1)S(=O)(=O)NC2. The fraction of sp³-hybridized carbons (Fsp3) is 0.600. The molecule has 1 aliphatic heterocycles. The van der Waals surface area contributed by atoms with Crippen molar-refractivity contribution >= 4 is 10.0 Å². The zero-order chi connectivity index (χ0) is 18.1. The second-order valence-corrected chi connectivity index (χ2v) is 10.0. The molecule has 0 aromatic heterocycles. The maximum Gasteiger partial charge on any atom is 0.218 e. The summed E-state index contributed by atoms with van der Waals surface area (Å²) in [5, 5.41) is -0.511. The molecule has 2 unspecified atom stereocenters. The second-order valence-electron chi connectivity index (χ2n) is 8.12. The molecule has 1 heterocycles. The molecule has 1 saturated heterocycles. The summed E-state index contributed by atoms with van der Waals surface area (Å²) in [4.78, 5) is 0. The molecule has 138 valence electrons. The Kier molecular flexibility index (Phi) is 5.11. The van der Waals surface area contributed by atoms with Crippen LogP contribution in [0.1, 0.15) is 39.2 Å². The van der Waals surface area contributed by atoms with E-state index < -0.39 is 15.3 Å². The van der Waals surface area contributed by atoms with Gasteiger partial charge in [0.2, 0.25) is 10.0 Å². The van der Waals surface area contributed by atoms with Crippen LogP contribution in [0.15, 0.2) is 42.5 Å². The minimum Gasteiger partial charge on any atom is -0.373 e. The van der Waals surface area contributed by atoms with Gasteiger partial charge >= 0.3 is 0 Å². The third kappa shape index (κ3) is 3.42. The Balaban J connectivity index is 1.70. The van der Waals surface area contributed by atoms with Crippen molar-refractivity contribution in [2.24, 2.45) is 16.7 Å². The van der Waals surface area contributed by atoms with Crippen molar-refractivity contribution in [3.05, 3.63) is 48.0 Å². The summed E-state index contributed by atoms with van der Waals surface area (Å²) in [6, 6.07) is 9.98. The monoisotopic (exact) mass is 363 g/mol. The van der Waals surface area contributed by atoms with Crippen LogP contribution in [0.2, 0.25) is 0 Å². The van der Waals surface area contributed by atoms with Gasteiger partial charge in [-0.25, -0.2) is 13.1 Å². The zero-order valence-corrected chi connectivity index (χ0v) is 16.2. The molecule has 0 spiro atoms. The maximum absolute atomic E-state index is 12.8. The van der Waals surface area contributed by atoms with E-state index in [-0.39, 0.29) is 10.8 Å².